The number of carbonyl (C=O) groups is 2. The minimum atomic E-state index is -1.25. The number of thiol groups is 1. The third-order valence-electron chi connectivity index (χ3n) is 4.49. The molecule has 2 rings (SSSR count). The maximum Gasteiger partial charge on any atom is 0.331 e. The van der Waals surface area contributed by atoms with Crippen LogP contribution in [0.5, 0.6) is 0 Å². The zero-order chi connectivity index (χ0) is 18.5. The van der Waals surface area contributed by atoms with Gasteiger partial charge in [0, 0.05) is 25.2 Å². The third kappa shape index (κ3) is 5.15. The first-order valence-corrected chi connectivity index (χ1v) is 8.53. The van der Waals surface area contributed by atoms with Gasteiger partial charge >= 0.3 is 5.97 Å². The monoisotopic (exact) mass is 402 g/mol. The number of amides is 1. The van der Waals surface area contributed by atoms with Crippen LogP contribution < -0.4 is 17.7 Å². The molecule has 1 fully saturated rings. The highest BCUT2D eigenvalue weighted by molar-refractivity contribution is 7.74. The Balaban J connectivity index is 0.00000338. The minimum absolute atomic E-state index is 0. The predicted molar refractivity (Wildman–Crippen MR) is 94.8 cm³/mol. The third-order valence-corrected chi connectivity index (χ3v) is 4.89. The van der Waals surface area contributed by atoms with Gasteiger partial charge in [-0.1, -0.05) is 5.18 Å². The van der Waals surface area contributed by atoms with Crippen LogP contribution in [0.1, 0.15) is 30.1 Å². The highest BCUT2D eigenvalue weighted by Gasteiger charge is 2.51. The largest absolute Gasteiger partial charge is 1.00 e. The molecule has 1 saturated heterocycles. The van der Waals surface area contributed by atoms with E-state index in [2.05, 4.69) is 28.3 Å². The Labute approximate surface area is 164 Å². The number of carbonyl (C=O) groups excluding carboxylic acids is 2. The van der Waals surface area contributed by atoms with Crippen molar-refractivity contribution >= 4 is 24.7 Å². The minimum Gasteiger partial charge on any atom is -1.00 e. The Bertz CT molecular complexity index is 634. The molecular weight excluding hydrogens is 380 g/mol. The van der Waals surface area contributed by atoms with Crippen molar-refractivity contribution in [1.82, 2.24) is 10.3 Å². The number of esters is 1. The summed E-state index contributed by atoms with van der Waals surface area (Å²) in [5.74, 6) is -1.16. The zero-order valence-electron chi connectivity index (χ0n) is 14.7. The Kier molecular flexibility index (Phi) is 7.98. The van der Waals surface area contributed by atoms with Crippen molar-refractivity contribution in [3.05, 3.63) is 35.0 Å². The molecule has 0 aliphatic carbocycles. The average molecular weight is 403 g/mol. The van der Waals surface area contributed by atoms with Crippen molar-refractivity contribution in [2.24, 2.45) is 5.18 Å². The van der Waals surface area contributed by atoms with Crippen molar-refractivity contribution in [3.8, 4) is 0 Å². The molecule has 1 aliphatic heterocycles. The fourth-order valence-electron chi connectivity index (χ4n) is 2.89. The van der Waals surface area contributed by atoms with Gasteiger partial charge in [0.1, 0.15) is 5.54 Å². The summed E-state index contributed by atoms with van der Waals surface area (Å²) in [6.07, 6.45) is 3.59. The molecule has 1 unspecified atom stereocenters. The van der Waals surface area contributed by atoms with Gasteiger partial charge < -0.3 is 22.5 Å². The second-order valence-corrected chi connectivity index (χ2v) is 7.35. The second kappa shape index (κ2) is 9.29. The number of ether oxygens (including phenoxy) is 1. The average Bonchev–Trinajstić information content (AvgIpc) is 2.61. The summed E-state index contributed by atoms with van der Waals surface area (Å²) < 4.78 is 5.51. The molecule has 10 heteroatoms. The van der Waals surface area contributed by atoms with Gasteiger partial charge in [-0.05, 0) is 19.1 Å². The Morgan fingerprint density at radius 1 is 1.46 bits per heavy atom. The highest BCUT2D eigenvalue weighted by Crippen LogP contribution is 2.34. The van der Waals surface area contributed by atoms with Gasteiger partial charge in [-0.15, -0.1) is 0 Å². The van der Waals surface area contributed by atoms with Gasteiger partial charge in [-0.3, -0.25) is 13.7 Å². The van der Waals surface area contributed by atoms with E-state index in [4.69, 9.17) is 4.74 Å². The molecule has 0 bridgehead atoms. The molecule has 1 atom stereocenters. The lowest BCUT2D eigenvalue weighted by molar-refractivity contribution is -0.778. The summed E-state index contributed by atoms with van der Waals surface area (Å²) in [6.45, 7) is 2.91. The van der Waals surface area contributed by atoms with E-state index in [1.165, 1.54) is 6.20 Å². The first-order valence-electron chi connectivity index (χ1n) is 8.13. The molecule has 1 aromatic rings. The molecule has 2 heterocycles. The van der Waals surface area contributed by atoms with E-state index in [-0.39, 0.29) is 19.0 Å². The van der Waals surface area contributed by atoms with Gasteiger partial charge in [0.25, 0.3) is 5.91 Å². The standard InChI is InChI=1S/C16H22N4O4S.ClH/c1-3-24-15(22)13(18-14(21)12-5-4-8-17-11-12)16(19-23)6-9-20(2,25)10-7-16;/h4-5,8,11,13,25H,3,6-7,9-10H2,1-2H3;1H. The van der Waals surface area contributed by atoms with Crippen molar-refractivity contribution < 1.29 is 30.6 Å². The lowest BCUT2D eigenvalue weighted by Crippen LogP contribution is -3.00. The van der Waals surface area contributed by atoms with Crippen LogP contribution in [0.3, 0.4) is 0 Å². The van der Waals surface area contributed by atoms with Crippen molar-refractivity contribution in [3.63, 3.8) is 0 Å². The van der Waals surface area contributed by atoms with E-state index < -0.39 is 23.5 Å². The number of rotatable bonds is 6. The SMILES string of the molecule is CCOC(=O)C(NC(=O)c1cccnc1)C1(N=O)CC[N+](C)(S)CC1.[Cl-]. The van der Waals surface area contributed by atoms with Crippen LogP contribution in [0.2, 0.25) is 0 Å². The van der Waals surface area contributed by atoms with Crippen LogP contribution in [0, 0.1) is 4.91 Å². The lowest BCUT2D eigenvalue weighted by Gasteiger charge is -2.41. The lowest BCUT2D eigenvalue weighted by atomic mass is 9.81. The number of nitrogens with one attached hydrogen (secondary N) is 1. The Morgan fingerprint density at radius 2 is 2.12 bits per heavy atom. The van der Waals surface area contributed by atoms with Crippen molar-refractivity contribution in [2.75, 3.05) is 26.7 Å². The second-order valence-electron chi connectivity index (χ2n) is 6.38. The van der Waals surface area contributed by atoms with Gasteiger partial charge in [-0.2, -0.15) is 4.91 Å². The molecular formula is C16H23ClN4O4S. The van der Waals surface area contributed by atoms with Gasteiger partial charge in [-0.25, -0.2) is 4.79 Å². The Hall–Kier alpha value is -1.71. The van der Waals surface area contributed by atoms with Gasteiger partial charge in [0.2, 0.25) is 0 Å². The normalized spacial score (nSPS) is 26.1. The molecule has 26 heavy (non-hydrogen) atoms. The zero-order valence-corrected chi connectivity index (χ0v) is 16.4. The molecule has 0 aromatic carbocycles. The van der Waals surface area contributed by atoms with Crippen molar-refractivity contribution in [2.45, 2.75) is 31.3 Å². The van der Waals surface area contributed by atoms with Crippen molar-refractivity contribution in [1.29, 1.82) is 0 Å². The summed E-state index contributed by atoms with van der Waals surface area (Å²) in [5, 5.41) is 5.90. The molecule has 1 aliphatic rings. The highest BCUT2D eigenvalue weighted by atomic mass is 35.5. The van der Waals surface area contributed by atoms with E-state index in [1.54, 1.807) is 25.3 Å². The number of quaternary nitrogens is 1. The van der Waals surface area contributed by atoms with E-state index in [1.807, 2.05) is 7.05 Å². The molecule has 8 nitrogen and oxygen atoms in total. The number of piperidine rings is 1. The fourth-order valence-corrected chi connectivity index (χ4v) is 3.09. The smallest absolute Gasteiger partial charge is 0.331 e. The van der Waals surface area contributed by atoms with Crippen LogP contribution in [0.25, 0.3) is 0 Å². The predicted octanol–water partition coefficient (Wildman–Crippen LogP) is -1.66. The number of aromatic nitrogens is 1. The molecule has 1 amide bonds. The maximum atomic E-state index is 12.5. The number of hydrogen-bond donors (Lipinski definition) is 2. The number of hydrogen-bond acceptors (Lipinski definition) is 7. The molecule has 0 spiro atoms. The molecule has 0 saturated carbocycles. The summed E-state index contributed by atoms with van der Waals surface area (Å²) >= 11 is 4.51. The van der Waals surface area contributed by atoms with Crippen LogP contribution in [0.15, 0.2) is 29.7 Å². The summed E-state index contributed by atoms with van der Waals surface area (Å²) in [4.78, 5) is 40.5. The number of halogens is 1. The number of likely N-dealkylation sites (tertiary alicyclic amines) is 1. The topological polar surface area (TPSA) is 97.7 Å². The van der Waals surface area contributed by atoms with Gasteiger partial charge in [0.05, 0.1) is 45.1 Å². The van der Waals surface area contributed by atoms with Crippen LogP contribution in [-0.2, 0) is 9.53 Å². The van der Waals surface area contributed by atoms with Gasteiger partial charge in [0.15, 0.2) is 6.04 Å². The van der Waals surface area contributed by atoms with E-state index in [0.29, 0.717) is 35.4 Å². The van der Waals surface area contributed by atoms with Crippen LogP contribution in [-0.4, -0.2) is 59.1 Å². The first-order chi connectivity index (χ1) is 11.8. The molecule has 0 radical (unpaired) electrons. The van der Waals surface area contributed by atoms with Crippen LogP contribution >= 0.6 is 12.8 Å². The number of nitrogens with zero attached hydrogens (tertiary/aromatic N) is 3. The quantitative estimate of drug-likeness (QED) is 0.257. The summed E-state index contributed by atoms with van der Waals surface area (Å²) in [7, 11) is 1.92. The summed E-state index contributed by atoms with van der Waals surface area (Å²) in [5.41, 5.74) is -0.951. The number of pyridine rings is 1. The Morgan fingerprint density at radius 3 is 2.62 bits per heavy atom. The fraction of sp³-hybridized carbons (Fsp3) is 0.562. The summed E-state index contributed by atoms with van der Waals surface area (Å²) in [6, 6.07) is 2.05. The van der Waals surface area contributed by atoms with E-state index in [0.717, 1.165) is 0 Å². The van der Waals surface area contributed by atoms with E-state index in [9.17, 15) is 14.5 Å². The van der Waals surface area contributed by atoms with E-state index >= 15 is 0 Å². The first kappa shape index (κ1) is 22.3. The molecule has 1 aromatic heterocycles. The molecule has 144 valence electrons. The number of nitroso groups, excluding NO2 is 1. The molecule has 1 N–H and O–H groups in total. The maximum absolute atomic E-state index is 12.5. The van der Waals surface area contributed by atoms with Crippen LogP contribution in [0.4, 0.5) is 0 Å².